The topological polar surface area (TPSA) is 55.9 Å². The van der Waals surface area contributed by atoms with Crippen molar-refractivity contribution in [1.29, 1.82) is 0 Å². The second-order valence-corrected chi connectivity index (χ2v) is 8.78. The van der Waals surface area contributed by atoms with E-state index < -0.39 is 0 Å². The number of benzene rings is 1. The average molecular weight is 401 g/mol. The molecule has 0 radical (unpaired) electrons. The quantitative estimate of drug-likeness (QED) is 0.826. The van der Waals surface area contributed by atoms with E-state index in [9.17, 15) is 9.59 Å². The van der Waals surface area contributed by atoms with E-state index in [1.54, 1.807) is 0 Å². The van der Waals surface area contributed by atoms with Gasteiger partial charge in [-0.1, -0.05) is 17.7 Å². The van der Waals surface area contributed by atoms with Gasteiger partial charge < -0.3 is 10.2 Å². The summed E-state index contributed by atoms with van der Waals surface area (Å²) < 4.78 is 0. The van der Waals surface area contributed by atoms with Gasteiger partial charge in [-0.15, -0.1) is 0 Å². The van der Waals surface area contributed by atoms with E-state index in [0.29, 0.717) is 18.6 Å². The lowest BCUT2D eigenvalue weighted by Crippen LogP contribution is -2.58. The van der Waals surface area contributed by atoms with Crippen LogP contribution in [0.15, 0.2) is 24.3 Å². The number of nitrogens with zero attached hydrogens (tertiary/aromatic N) is 3. The minimum Gasteiger partial charge on any atom is -0.336 e. The molecular formula is C23H36N4O2. The van der Waals surface area contributed by atoms with E-state index in [0.717, 1.165) is 44.7 Å². The number of amides is 2. The first-order chi connectivity index (χ1) is 13.8. The van der Waals surface area contributed by atoms with Gasteiger partial charge in [0.05, 0.1) is 12.6 Å². The van der Waals surface area contributed by atoms with E-state index in [1.807, 2.05) is 38.1 Å². The van der Waals surface area contributed by atoms with Crippen LogP contribution < -0.4 is 5.32 Å². The summed E-state index contributed by atoms with van der Waals surface area (Å²) in [4.78, 5) is 32.0. The maximum absolute atomic E-state index is 13.1. The predicted octanol–water partition coefficient (Wildman–Crippen LogP) is 2.73. The summed E-state index contributed by atoms with van der Waals surface area (Å²) in [6.45, 7) is 12.1. The van der Waals surface area contributed by atoms with Crippen LogP contribution in [0.1, 0.15) is 45.6 Å². The smallest absolute Gasteiger partial charge is 0.240 e. The second-order valence-electron chi connectivity index (χ2n) is 8.78. The fourth-order valence-electron chi connectivity index (χ4n) is 4.58. The molecule has 29 heavy (non-hydrogen) atoms. The molecule has 0 aromatic heterocycles. The van der Waals surface area contributed by atoms with E-state index in [-0.39, 0.29) is 17.9 Å². The van der Waals surface area contributed by atoms with Gasteiger partial charge in [-0.3, -0.25) is 19.4 Å². The van der Waals surface area contributed by atoms with Crippen molar-refractivity contribution in [2.45, 2.75) is 65.1 Å². The summed E-state index contributed by atoms with van der Waals surface area (Å²) in [6.07, 6.45) is 3.42. The summed E-state index contributed by atoms with van der Waals surface area (Å²) in [6, 6.07) is 8.43. The normalized spacial score (nSPS) is 24.9. The van der Waals surface area contributed by atoms with Gasteiger partial charge in [0.1, 0.15) is 0 Å². The largest absolute Gasteiger partial charge is 0.336 e. The van der Waals surface area contributed by atoms with Crippen LogP contribution in [0.2, 0.25) is 0 Å². The Balaban J connectivity index is 1.46. The molecule has 2 heterocycles. The lowest BCUT2D eigenvalue weighted by atomic mass is 9.96. The van der Waals surface area contributed by atoms with Crippen molar-refractivity contribution >= 4 is 17.5 Å². The second kappa shape index (κ2) is 9.72. The molecule has 160 valence electrons. The van der Waals surface area contributed by atoms with Crippen LogP contribution in [0, 0.1) is 6.92 Å². The Labute approximate surface area is 175 Å². The van der Waals surface area contributed by atoms with Crippen LogP contribution >= 0.6 is 0 Å². The number of anilines is 1. The van der Waals surface area contributed by atoms with Gasteiger partial charge >= 0.3 is 0 Å². The lowest BCUT2D eigenvalue weighted by molar-refractivity contribution is -0.143. The lowest BCUT2D eigenvalue weighted by Gasteiger charge is -2.44. The molecule has 2 fully saturated rings. The highest BCUT2D eigenvalue weighted by atomic mass is 16.2. The molecule has 0 spiro atoms. The first kappa shape index (κ1) is 21.8. The third-order valence-electron chi connectivity index (χ3n) is 6.46. The standard InChI is InChI=1S/C23H36N4O2/c1-17-8-10-21(11-9-17)24-22(28)16-25-12-14-26(15-13-25)20(4)23(29)27-18(2)6-5-7-19(27)3/h8-11,18-20H,5-7,12-16H2,1-4H3,(H,24,28)/t18-,19-,20-/m1/s1. The number of piperazine rings is 1. The highest BCUT2D eigenvalue weighted by Crippen LogP contribution is 2.24. The molecule has 1 aromatic rings. The molecule has 3 atom stereocenters. The highest BCUT2D eigenvalue weighted by Gasteiger charge is 2.35. The Morgan fingerprint density at radius 3 is 2.21 bits per heavy atom. The maximum atomic E-state index is 13.1. The molecule has 6 nitrogen and oxygen atoms in total. The molecule has 1 aromatic carbocycles. The van der Waals surface area contributed by atoms with E-state index in [2.05, 4.69) is 33.9 Å². The number of rotatable bonds is 5. The number of piperidine rings is 1. The van der Waals surface area contributed by atoms with Crippen LogP contribution in [-0.4, -0.2) is 77.4 Å². The molecule has 2 aliphatic heterocycles. The fourth-order valence-corrected chi connectivity index (χ4v) is 4.58. The molecule has 2 aliphatic rings. The summed E-state index contributed by atoms with van der Waals surface area (Å²) in [5, 5.41) is 2.97. The number of hydrogen-bond donors (Lipinski definition) is 1. The summed E-state index contributed by atoms with van der Waals surface area (Å²) in [5.41, 5.74) is 2.01. The Morgan fingerprint density at radius 2 is 1.62 bits per heavy atom. The molecule has 1 N–H and O–H groups in total. The third-order valence-corrected chi connectivity index (χ3v) is 6.46. The maximum Gasteiger partial charge on any atom is 0.240 e. The minimum absolute atomic E-state index is 0.0161. The summed E-state index contributed by atoms with van der Waals surface area (Å²) in [5.74, 6) is 0.276. The Hall–Kier alpha value is -1.92. The van der Waals surface area contributed by atoms with E-state index in [1.165, 1.54) is 12.0 Å². The molecule has 6 heteroatoms. The molecule has 2 amide bonds. The zero-order valence-corrected chi connectivity index (χ0v) is 18.4. The molecule has 0 aliphatic carbocycles. The Morgan fingerprint density at radius 1 is 1.03 bits per heavy atom. The minimum atomic E-state index is -0.0958. The van der Waals surface area contributed by atoms with Gasteiger partial charge in [-0.2, -0.15) is 0 Å². The monoisotopic (exact) mass is 400 g/mol. The van der Waals surface area contributed by atoms with Crippen LogP contribution in [0.5, 0.6) is 0 Å². The van der Waals surface area contributed by atoms with Crippen molar-refractivity contribution in [3.63, 3.8) is 0 Å². The molecule has 2 saturated heterocycles. The predicted molar refractivity (Wildman–Crippen MR) is 117 cm³/mol. The van der Waals surface area contributed by atoms with Crippen LogP contribution in [0.25, 0.3) is 0 Å². The molecular weight excluding hydrogens is 364 g/mol. The van der Waals surface area contributed by atoms with Gasteiger partial charge in [0, 0.05) is 44.0 Å². The van der Waals surface area contributed by atoms with Crippen molar-refractivity contribution in [3.05, 3.63) is 29.8 Å². The van der Waals surface area contributed by atoms with Gasteiger partial charge in [-0.25, -0.2) is 0 Å². The Kier molecular flexibility index (Phi) is 7.30. The van der Waals surface area contributed by atoms with Crippen molar-refractivity contribution in [1.82, 2.24) is 14.7 Å². The molecule has 0 bridgehead atoms. The van der Waals surface area contributed by atoms with Crippen LogP contribution in [-0.2, 0) is 9.59 Å². The highest BCUT2D eigenvalue weighted by molar-refractivity contribution is 5.92. The first-order valence-corrected chi connectivity index (χ1v) is 11.0. The number of carbonyl (C=O) groups excluding carboxylic acids is 2. The first-order valence-electron chi connectivity index (χ1n) is 11.0. The fraction of sp³-hybridized carbons (Fsp3) is 0.652. The number of likely N-dealkylation sites (tertiary alicyclic amines) is 1. The van der Waals surface area contributed by atoms with E-state index in [4.69, 9.17) is 0 Å². The third kappa shape index (κ3) is 5.58. The van der Waals surface area contributed by atoms with Gasteiger partial charge in [0.25, 0.3) is 0 Å². The zero-order chi connectivity index (χ0) is 21.0. The van der Waals surface area contributed by atoms with Crippen molar-refractivity contribution < 1.29 is 9.59 Å². The Bertz CT molecular complexity index is 687. The number of aryl methyl sites for hydroxylation is 1. The zero-order valence-electron chi connectivity index (χ0n) is 18.4. The van der Waals surface area contributed by atoms with Crippen molar-refractivity contribution in [2.75, 3.05) is 38.0 Å². The van der Waals surface area contributed by atoms with Gasteiger partial charge in [0.2, 0.25) is 11.8 Å². The SMILES string of the molecule is Cc1ccc(NC(=O)CN2CCN([C@H](C)C(=O)N3[C@H](C)CCC[C@H]3C)CC2)cc1. The van der Waals surface area contributed by atoms with E-state index >= 15 is 0 Å². The van der Waals surface area contributed by atoms with Crippen LogP contribution in [0.3, 0.4) is 0 Å². The number of nitrogens with one attached hydrogen (secondary N) is 1. The average Bonchev–Trinajstić information content (AvgIpc) is 2.69. The molecule has 0 unspecified atom stereocenters. The molecule has 3 rings (SSSR count). The van der Waals surface area contributed by atoms with Gasteiger partial charge in [-0.05, 0) is 59.1 Å². The number of carbonyl (C=O) groups is 2. The van der Waals surface area contributed by atoms with Crippen molar-refractivity contribution in [2.24, 2.45) is 0 Å². The van der Waals surface area contributed by atoms with Crippen molar-refractivity contribution in [3.8, 4) is 0 Å². The summed E-state index contributed by atoms with van der Waals surface area (Å²) in [7, 11) is 0. The van der Waals surface area contributed by atoms with Gasteiger partial charge in [0.15, 0.2) is 0 Å². The summed E-state index contributed by atoms with van der Waals surface area (Å²) >= 11 is 0. The molecule has 0 saturated carbocycles. The van der Waals surface area contributed by atoms with Crippen LogP contribution in [0.4, 0.5) is 5.69 Å². The number of hydrogen-bond acceptors (Lipinski definition) is 4.